The Kier molecular flexibility index (Phi) is 4.77. The monoisotopic (exact) mass is 306 g/mol. The highest BCUT2D eigenvalue weighted by Gasteiger charge is 2.34. The van der Waals surface area contributed by atoms with Gasteiger partial charge in [-0.1, -0.05) is 12.1 Å². The summed E-state index contributed by atoms with van der Waals surface area (Å²) >= 11 is 0. The molecule has 2 rings (SSSR count). The fourth-order valence-electron chi connectivity index (χ4n) is 2.39. The molecule has 0 aromatic heterocycles. The highest BCUT2D eigenvalue weighted by atomic mass is 16.5. The first-order valence-corrected chi connectivity index (χ1v) is 6.80. The third kappa shape index (κ3) is 3.43. The van der Waals surface area contributed by atoms with Crippen LogP contribution in [0.15, 0.2) is 24.3 Å². The molecule has 1 heterocycles. The number of carbonyl (C=O) groups is 3. The van der Waals surface area contributed by atoms with Gasteiger partial charge in [0.05, 0.1) is 19.2 Å². The van der Waals surface area contributed by atoms with Crippen molar-refractivity contribution in [2.24, 2.45) is 0 Å². The molecule has 1 aliphatic rings. The molecule has 1 aromatic carbocycles. The maximum Gasteiger partial charge on any atom is 0.335 e. The molecule has 1 aliphatic heterocycles. The number of piperazine rings is 1. The molecule has 0 unspecified atom stereocenters. The Balaban J connectivity index is 2.08. The van der Waals surface area contributed by atoms with Crippen LogP contribution in [-0.4, -0.2) is 66.0 Å². The highest BCUT2D eigenvalue weighted by molar-refractivity contribution is 5.87. The summed E-state index contributed by atoms with van der Waals surface area (Å²) < 4.78 is 4.75. The van der Waals surface area contributed by atoms with Gasteiger partial charge >= 0.3 is 11.9 Å². The Hall–Kier alpha value is -2.41. The first-order chi connectivity index (χ1) is 10.4. The Bertz CT molecular complexity index is 584. The van der Waals surface area contributed by atoms with Crippen LogP contribution in [-0.2, 0) is 20.9 Å². The van der Waals surface area contributed by atoms with E-state index >= 15 is 0 Å². The number of nitrogens with zero attached hydrogens (tertiary/aromatic N) is 2. The van der Waals surface area contributed by atoms with Gasteiger partial charge in [0.1, 0.15) is 6.04 Å². The Labute approximate surface area is 128 Å². The van der Waals surface area contributed by atoms with Gasteiger partial charge in [0, 0.05) is 13.1 Å². The van der Waals surface area contributed by atoms with E-state index in [1.807, 2.05) is 0 Å². The topological polar surface area (TPSA) is 87.1 Å². The molecule has 0 radical (unpaired) electrons. The fourth-order valence-corrected chi connectivity index (χ4v) is 2.39. The molecule has 1 atom stereocenters. The van der Waals surface area contributed by atoms with Crippen LogP contribution in [0.25, 0.3) is 0 Å². The average molecular weight is 306 g/mol. The van der Waals surface area contributed by atoms with Gasteiger partial charge in [-0.25, -0.2) is 4.79 Å². The second-order valence-corrected chi connectivity index (χ2v) is 5.23. The van der Waals surface area contributed by atoms with E-state index in [0.717, 1.165) is 5.56 Å². The normalized spacial score (nSPS) is 19.1. The number of hydrogen-bond donors (Lipinski definition) is 1. The number of rotatable bonds is 4. The van der Waals surface area contributed by atoms with Crippen LogP contribution in [0.4, 0.5) is 0 Å². The zero-order valence-corrected chi connectivity index (χ0v) is 12.5. The molecular formula is C15H18N2O5. The third-order valence-corrected chi connectivity index (χ3v) is 3.71. The average Bonchev–Trinajstić information content (AvgIpc) is 2.49. The van der Waals surface area contributed by atoms with Gasteiger partial charge in [0.2, 0.25) is 5.91 Å². The van der Waals surface area contributed by atoms with E-state index in [9.17, 15) is 14.4 Å². The molecule has 1 fully saturated rings. The predicted molar refractivity (Wildman–Crippen MR) is 77.3 cm³/mol. The molecule has 7 nitrogen and oxygen atoms in total. The minimum absolute atomic E-state index is 0.0787. The Morgan fingerprint density at radius 1 is 1.32 bits per heavy atom. The minimum Gasteiger partial charge on any atom is -0.478 e. The lowest BCUT2D eigenvalue weighted by atomic mass is 10.1. The van der Waals surface area contributed by atoms with Crippen LogP contribution in [0.5, 0.6) is 0 Å². The van der Waals surface area contributed by atoms with Crippen molar-refractivity contribution >= 4 is 17.8 Å². The summed E-state index contributed by atoms with van der Waals surface area (Å²) in [6.45, 7) is 0.732. The third-order valence-electron chi connectivity index (χ3n) is 3.71. The molecule has 0 bridgehead atoms. The van der Waals surface area contributed by atoms with E-state index < -0.39 is 12.0 Å². The van der Waals surface area contributed by atoms with Gasteiger partial charge in [-0.05, 0) is 24.7 Å². The van der Waals surface area contributed by atoms with E-state index in [1.54, 1.807) is 29.0 Å². The van der Waals surface area contributed by atoms with E-state index in [2.05, 4.69) is 0 Å². The summed E-state index contributed by atoms with van der Waals surface area (Å²) in [6.07, 6.45) is 0. The largest absolute Gasteiger partial charge is 0.478 e. The fraction of sp³-hybridized carbons (Fsp3) is 0.400. The molecule has 1 N–H and O–H groups in total. The van der Waals surface area contributed by atoms with E-state index in [1.165, 1.54) is 19.2 Å². The summed E-state index contributed by atoms with van der Waals surface area (Å²) in [6, 6.07) is 5.84. The van der Waals surface area contributed by atoms with Crippen LogP contribution in [0.2, 0.25) is 0 Å². The van der Waals surface area contributed by atoms with Crippen molar-refractivity contribution in [3.8, 4) is 0 Å². The number of esters is 1. The summed E-state index contributed by atoms with van der Waals surface area (Å²) in [5.41, 5.74) is 1.01. The summed E-state index contributed by atoms with van der Waals surface area (Å²) in [7, 11) is 3.03. The number of ether oxygens (including phenoxy) is 1. The predicted octanol–water partition coefficient (Wildman–Crippen LogP) is 0.200. The quantitative estimate of drug-likeness (QED) is 0.800. The molecule has 0 saturated carbocycles. The lowest BCUT2D eigenvalue weighted by Gasteiger charge is -2.37. The van der Waals surface area contributed by atoms with Crippen LogP contribution in [0.1, 0.15) is 15.9 Å². The zero-order chi connectivity index (χ0) is 16.3. The number of benzene rings is 1. The van der Waals surface area contributed by atoms with Crippen LogP contribution in [0, 0.1) is 0 Å². The first-order valence-electron chi connectivity index (χ1n) is 6.80. The van der Waals surface area contributed by atoms with Crippen LogP contribution >= 0.6 is 0 Å². The number of carbonyl (C=O) groups excluding carboxylic acids is 2. The lowest BCUT2D eigenvalue weighted by Crippen LogP contribution is -2.57. The van der Waals surface area contributed by atoms with Gasteiger partial charge in [-0.3, -0.25) is 14.5 Å². The molecule has 0 spiro atoms. The van der Waals surface area contributed by atoms with Crippen LogP contribution in [0.3, 0.4) is 0 Å². The SMILES string of the molecule is COC(=O)[C@H]1CN(Cc2ccc(C(=O)O)cc2)C(=O)CN1C. The number of likely N-dealkylation sites (N-methyl/N-ethyl adjacent to an activating group) is 1. The number of methoxy groups -OCH3 is 1. The molecule has 1 aromatic rings. The summed E-state index contributed by atoms with van der Waals surface area (Å²) in [5, 5.41) is 8.87. The van der Waals surface area contributed by atoms with Crippen molar-refractivity contribution in [1.82, 2.24) is 9.80 Å². The lowest BCUT2D eigenvalue weighted by molar-refractivity contribution is -0.153. The van der Waals surface area contributed by atoms with Gasteiger partial charge in [0.25, 0.3) is 0 Å². The molecule has 118 valence electrons. The molecular weight excluding hydrogens is 288 g/mol. The second-order valence-electron chi connectivity index (χ2n) is 5.23. The van der Waals surface area contributed by atoms with Crippen molar-refractivity contribution in [1.29, 1.82) is 0 Å². The summed E-state index contributed by atoms with van der Waals surface area (Å²) in [5.74, 6) is -1.45. The van der Waals surface area contributed by atoms with Crippen molar-refractivity contribution in [3.63, 3.8) is 0 Å². The number of hydrogen-bond acceptors (Lipinski definition) is 5. The second kappa shape index (κ2) is 6.57. The number of carboxylic acid groups (broad SMARTS) is 1. The van der Waals surface area contributed by atoms with Gasteiger partial charge in [-0.15, -0.1) is 0 Å². The molecule has 22 heavy (non-hydrogen) atoms. The number of aromatic carboxylic acids is 1. The van der Waals surface area contributed by atoms with E-state index in [-0.39, 0.29) is 30.5 Å². The zero-order valence-electron chi connectivity index (χ0n) is 12.5. The van der Waals surface area contributed by atoms with Gasteiger partial charge in [0.15, 0.2) is 0 Å². The maximum atomic E-state index is 12.1. The molecule has 7 heteroatoms. The Morgan fingerprint density at radius 2 is 1.95 bits per heavy atom. The van der Waals surface area contributed by atoms with Gasteiger partial charge in [-0.2, -0.15) is 0 Å². The smallest absolute Gasteiger partial charge is 0.335 e. The highest BCUT2D eigenvalue weighted by Crippen LogP contribution is 2.14. The number of carboxylic acids is 1. The van der Waals surface area contributed by atoms with Crippen molar-refractivity contribution in [2.75, 3.05) is 27.2 Å². The van der Waals surface area contributed by atoms with E-state index in [4.69, 9.17) is 9.84 Å². The van der Waals surface area contributed by atoms with Crippen molar-refractivity contribution in [2.45, 2.75) is 12.6 Å². The maximum absolute atomic E-state index is 12.1. The Morgan fingerprint density at radius 3 is 2.50 bits per heavy atom. The molecule has 0 aliphatic carbocycles. The van der Waals surface area contributed by atoms with Gasteiger partial charge < -0.3 is 14.7 Å². The first kappa shape index (κ1) is 16.0. The summed E-state index contributed by atoms with van der Waals surface area (Å²) in [4.78, 5) is 37.9. The van der Waals surface area contributed by atoms with E-state index in [0.29, 0.717) is 6.54 Å². The molecule has 1 amide bonds. The molecule has 1 saturated heterocycles. The van der Waals surface area contributed by atoms with Crippen molar-refractivity contribution < 1.29 is 24.2 Å². The van der Waals surface area contributed by atoms with Crippen molar-refractivity contribution in [3.05, 3.63) is 35.4 Å². The minimum atomic E-state index is -0.993. The standard InChI is InChI=1S/C15H18N2O5/c1-16-9-13(18)17(8-12(16)15(21)22-2)7-10-3-5-11(6-4-10)14(19)20/h3-6,12H,7-9H2,1-2H3,(H,19,20)/t12-/m1/s1. The van der Waals surface area contributed by atoms with Crippen LogP contribution < -0.4 is 0 Å². The number of amides is 1.